The minimum atomic E-state index is -2.98. The Hall–Kier alpha value is -1.44. The van der Waals surface area contributed by atoms with Gasteiger partial charge >= 0.3 is 12.6 Å². The third kappa shape index (κ3) is 4.03. The van der Waals surface area contributed by atoms with Gasteiger partial charge in [-0.2, -0.15) is 8.78 Å². The van der Waals surface area contributed by atoms with Crippen LogP contribution in [0.1, 0.15) is 12.0 Å². The van der Waals surface area contributed by atoms with Gasteiger partial charge in [0.2, 0.25) is 0 Å². The molecule has 1 aliphatic rings. The van der Waals surface area contributed by atoms with E-state index < -0.39 is 24.7 Å². The summed E-state index contributed by atoms with van der Waals surface area (Å²) in [4.78, 5) is 12.6. The maximum absolute atomic E-state index is 12.4. The molecule has 0 amide bonds. The first-order chi connectivity index (χ1) is 9.86. The fourth-order valence-electron chi connectivity index (χ4n) is 2.41. The lowest BCUT2D eigenvalue weighted by Gasteiger charge is -2.22. The van der Waals surface area contributed by atoms with E-state index in [9.17, 15) is 18.7 Å². The molecule has 2 unspecified atom stereocenters. The molecule has 2 rings (SSSR count). The molecule has 0 aliphatic carbocycles. The molecule has 1 saturated heterocycles. The number of carboxylic acid groups (broad SMARTS) is 1. The van der Waals surface area contributed by atoms with Crippen LogP contribution in [0.5, 0.6) is 5.75 Å². The van der Waals surface area contributed by atoms with Gasteiger partial charge in [0, 0.05) is 30.1 Å². The van der Waals surface area contributed by atoms with E-state index in [0.717, 1.165) is 0 Å². The Balaban J connectivity index is 2.21. The molecular weight excluding hydrogens is 308 g/mol. The molecule has 116 valence electrons. The standard InChI is InChI=1S/C13H14ClF2NO4/c14-8-1-2-11(21-13(15)16)7(3-8)5-17-6-9(18)4-10(17)12(19)20/h1-3,9-10,13,18H,4-6H2,(H,19,20). The molecule has 5 nitrogen and oxygen atoms in total. The van der Waals surface area contributed by atoms with Crippen molar-refractivity contribution in [3.8, 4) is 5.75 Å². The van der Waals surface area contributed by atoms with Crippen molar-refractivity contribution in [2.75, 3.05) is 6.54 Å². The number of aliphatic carboxylic acids is 1. The number of halogens is 3. The number of hydrogen-bond acceptors (Lipinski definition) is 4. The van der Waals surface area contributed by atoms with E-state index in [2.05, 4.69) is 4.74 Å². The second kappa shape index (κ2) is 6.55. The molecule has 0 spiro atoms. The largest absolute Gasteiger partial charge is 0.480 e. The van der Waals surface area contributed by atoms with Gasteiger partial charge in [-0.05, 0) is 18.2 Å². The summed E-state index contributed by atoms with van der Waals surface area (Å²) in [6.45, 7) is -2.78. The molecule has 0 bridgehead atoms. The van der Waals surface area contributed by atoms with E-state index in [4.69, 9.17) is 16.7 Å². The number of likely N-dealkylation sites (tertiary alicyclic amines) is 1. The van der Waals surface area contributed by atoms with Crippen LogP contribution in [-0.4, -0.2) is 46.4 Å². The number of aliphatic hydroxyl groups is 1. The highest BCUT2D eigenvalue weighted by Crippen LogP contribution is 2.29. The summed E-state index contributed by atoms with van der Waals surface area (Å²) in [7, 11) is 0. The number of β-amino-alcohol motifs (C(OH)–C–C–N with tert-alkyl or cyclic N) is 1. The highest BCUT2D eigenvalue weighted by Gasteiger charge is 2.36. The van der Waals surface area contributed by atoms with Gasteiger partial charge in [-0.15, -0.1) is 0 Å². The van der Waals surface area contributed by atoms with Crippen molar-refractivity contribution in [3.05, 3.63) is 28.8 Å². The second-order valence-electron chi connectivity index (χ2n) is 4.80. The predicted molar refractivity (Wildman–Crippen MR) is 70.5 cm³/mol. The minimum absolute atomic E-state index is 0.0522. The van der Waals surface area contributed by atoms with Crippen molar-refractivity contribution in [1.82, 2.24) is 4.90 Å². The first kappa shape index (κ1) is 15.9. The van der Waals surface area contributed by atoms with Crippen molar-refractivity contribution in [1.29, 1.82) is 0 Å². The number of nitrogens with zero attached hydrogens (tertiary/aromatic N) is 1. The summed E-state index contributed by atoms with van der Waals surface area (Å²) in [5.41, 5.74) is 0.350. The second-order valence-corrected chi connectivity index (χ2v) is 5.24. The van der Waals surface area contributed by atoms with Crippen molar-refractivity contribution < 1.29 is 28.5 Å². The van der Waals surface area contributed by atoms with E-state index in [-0.39, 0.29) is 25.3 Å². The van der Waals surface area contributed by atoms with Crippen LogP contribution in [0.4, 0.5) is 8.78 Å². The zero-order chi connectivity index (χ0) is 15.6. The van der Waals surface area contributed by atoms with E-state index in [0.29, 0.717) is 10.6 Å². The Morgan fingerprint density at radius 1 is 1.52 bits per heavy atom. The number of alkyl halides is 2. The zero-order valence-corrected chi connectivity index (χ0v) is 11.6. The maximum atomic E-state index is 12.4. The molecule has 8 heteroatoms. The number of hydrogen-bond donors (Lipinski definition) is 2. The molecule has 1 fully saturated rings. The zero-order valence-electron chi connectivity index (χ0n) is 10.9. The lowest BCUT2D eigenvalue weighted by Crippen LogP contribution is -2.35. The molecule has 0 aromatic heterocycles. The average molecular weight is 322 g/mol. The summed E-state index contributed by atoms with van der Waals surface area (Å²) < 4.78 is 29.2. The van der Waals surface area contributed by atoms with Crippen LogP contribution in [0.2, 0.25) is 5.02 Å². The normalized spacial score (nSPS) is 22.7. The molecule has 1 aliphatic heterocycles. The van der Waals surface area contributed by atoms with Gasteiger partial charge in [-0.25, -0.2) is 0 Å². The third-order valence-electron chi connectivity index (χ3n) is 3.28. The topological polar surface area (TPSA) is 70.0 Å². The molecule has 1 aromatic rings. The van der Waals surface area contributed by atoms with Crippen LogP contribution in [-0.2, 0) is 11.3 Å². The summed E-state index contributed by atoms with van der Waals surface area (Å²) in [6.07, 6.45) is -0.661. The number of carboxylic acids is 1. The average Bonchev–Trinajstić information content (AvgIpc) is 2.73. The van der Waals surface area contributed by atoms with Gasteiger partial charge in [-0.1, -0.05) is 11.6 Å². The van der Waals surface area contributed by atoms with Gasteiger partial charge in [0.25, 0.3) is 0 Å². The van der Waals surface area contributed by atoms with Gasteiger partial charge < -0.3 is 14.9 Å². The number of rotatable bonds is 5. The van der Waals surface area contributed by atoms with E-state index in [1.807, 2.05) is 0 Å². The fourth-order valence-corrected chi connectivity index (χ4v) is 2.61. The van der Waals surface area contributed by atoms with Crippen LogP contribution in [0.15, 0.2) is 18.2 Å². The monoisotopic (exact) mass is 321 g/mol. The molecule has 0 saturated carbocycles. The molecule has 21 heavy (non-hydrogen) atoms. The Kier molecular flexibility index (Phi) is 4.97. The van der Waals surface area contributed by atoms with Gasteiger partial charge in [0.05, 0.1) is 6.10 Å². The molecule has 1 aromatic carbocycles. The number of benzene rings is 1. The smallest absolute Gasteiger partial charge is 0.387 e. The van der Waals surface area contributed by atoms with Gasteiger partial charge in [-0.3, -0.25) is 9.69 Å². The van der Waals surface area contributed by atoms with Crippen molar-refractivity contribution in [2.24, 2.45) is 0 Å². The third-order valence-corrected chi connectivity index (χ3v) is 3.51. The summed E-state index contributed by atoms with van der Waals surface area (Å²) in [6, 6.07) is 3.31. The molecule has 0 radical (unpaired) electrons. The fraction of sp³-hybridized carbons (Fsp3) is 0.462. The van der Waals surface area contributed by atoms with Gasteiger partial charge in [0.1, 0.15) is 11.8 Å². The quantitative estimate of drug-likeness (QED) is 0.867. The number of carbonyl (C=O) groups is 1. The lowest BCUT2D eigenvalue weighted by atomic mass is 10.1. The molecule has 1 heterocycles. The Bertz CT molecular complexity index is 529. The van der Waals surface area contributed by atoms with Crippen molar-refractivity contribution in [3.63, 3.8) is 0 Å². The number of aliphatic hydroxyl groups excluding tert-OH is 1. The highest BCUT2D eigenvalue weighted by atomic mass is 35.5. The van der Waals surface area contributed by atoms with Crippen LogP contribution in [0.25, 0.3) is 0 Å². The van der Waals surface area contributed by atoms with E-state index >= 15 is 0 Å². The van der Waals surface area contributed by atoms with Crippen molar-refractivity contribution in [2.45, 2.75) is 31.7 Å². The van der Waals surface area contributed by atoms with Crippen LogP contribution >= 0.6 is 11.6 Å². The SMILES string of the molecule is O=C(O)C1CC(O)CN1Cc1cc(Cl)ccc1OC(F)F. The summed E-state index contributed by atoms with van der Waals surface area (Å²) in [5.74, 6) is -1.12. The first-order valence-electron chi connectivity index (χ1n) is 6.25. The van der Waals surface area contributed by atoms with Crippen LogP contribution < -0.4 is 4.74 Å². The van der Waals surface area contributed by atoms with Crippen LogP contribution in [0, 0.1) is 0 Å². The summed E-state index contributed by atoms with van der Waals surface area (Å²) in [5, 5.41) is 19.0. The molecule has 2 atom stereocenters. The van der Waals surface area contributed by atoms with E-state index in [1.165, 1.54) is 23.1 Å². The van der Waals surface area contributed by atoms with E-state index in [1.54, 1.807) is 0 Å². The Morgan fingerprint density at radius 2 is 2.24 bits per heavy atom. The Labute approximate surface area is 124 Å². The maximum Gasteiger partial charge on any atom is 0.387 e. The Morgan fingerprint density at radius 3 is 2.86 bits per heavy atom. The summed E-state index contributed by atoms with van der Waals surface area (Å²) >= 11 is 5.84. The highest BCUT2D eigenvalue weighted by molar-refractivity contribution is 6.30. The number of ether oxygens (including phenoxy) is 1. The first-order valence-corrected chi connectivity index (χ1v) is 6.62. The molecular formula is C13H14ClF2NO4. The van der Waals surface area contributed by atoms with Crippen molar-refractivity contribution >= 4 is 17.6 Å². The van der Waals surface area contributed by atoms with Crippen LogP contribution in [0.3, 0.4) is 0 Å². The molecule has 2 N–H and O–H groups in total. The predicted octanol–water partition coefficient (Wildman–Crippen LogP) is 1.96. The lowest BCUT2D eigenvalue weighted by molar-refractivity contribution is -0.142. The van der Waals surface area contributed by atoms with Gasteiger partial charge in [0.15, 0.2) is 0 Å². The minimum Gasteiger partial charge on any atom is -0.480 e.